The Kier molecular flexibility index (Phi) is 2.87. The molecule has 3 rings (SSSR count). The number of pyridine rings is 1. The van der Waals surface area contributed by atoms with Crippen LogP contribution >= 0.6 is 11.3 Å². The summed E-state index contributed by atoms with van der Waals surface area (Å²) in [5, 5.41) is 1.93. The van der Waals surface area contributed by atoms with Crippen LogP contribution in [0.5, 0.6) is 0 Å². The zero-order valence-electron chi connectivity index (χ0n) is 10.7. The van der Waals surface area contributed by atoms with Gasteiger partial charge in [0.15, 0.2) is 5.78 Å². The first-order valence-electron chi connectivity index (χ1n) is 5.98. The first-order chi connectivity index (χ1) is 9.15. The largest absolute Gasteiger partial charge is 0.294 e. The smallest absolute Gasteiger partial charge is 0.171 e. The van der Waals surface area contributed by atoms with E-state index in [9.17, 15) is 4.79 Å². The third kappa shape index (κ3) is 2.15. The number of rotatable bonds is 2. The van der Waals surface area contributed by atoms with Crippen molar-refractivity contribution in [3.8, 4) is 10.6 Å². The highest BCUT2D eigenvalue weighted by molar-refractivity contribution is 7.17. The normalized spacial score (nSPS) is 10.8. The fourth-order valence-electron chi connectivity index (χ4n) is 2.05. The van der Waals surface area contributed by atoms with Crippen molar-refractivity contribution in [2.24, 2.45) is 0 Å². The van der Waals surface area contributed by atoms with Gasteiger partial charge in [-0.25, -0.2) is 4.98 Å². The van der Waals surface area contributed by atoms with Crippen LogP contribution in [0.25, 0.3) is 21.5 Å². The Hall–Kier alpha value is -2.07. The molecule has 0 amide bonds. The van der Waals surface area contributed by atoms with Gasteiger partial charge in [0.05, 0.1) is 10.4 Å². The molecule has 0 spiro atoms. The van der Waals surface area contributed by atoms with Crippen molar-refractivity contribution in [2.75, 3.05) is 0 Å². The van der Waals surface area contributed by atoms with E-state index in [0.717, 1.165) is 27.2 Å². The predicted molar refractivity (Wildman–Crippen MR) is 77.6 cm³/mol. The number of hydrogen-bond donors (Lipinski definition) is 0. The van der Waals surface area contributed by atoms with Crippen molar-refractivity contribution in [3.63, 3.8) is 0 Å². The van der Waals surface area contributed by atoms with Crippen LogP contribution in [0.15, 0.2) is 36.5 Å². The number of nitrogens with zero attached hydrogens (tertiary/aromatic N) is 2. The number of thiazole rings is 1. The maximum Gasteiger partial charge on any atom is 0.171 e. The minimum atomic E-state index is 0.0545. The van der Waals surface area contributed by atoms with E-state index in [0.29, 0.717) is 4.88 Å². The second-order valence-electron chi connectivity index (χ2n) is 4.41. The van der Waals surface area contributed by atoms with Gasteiger partial charge in [-0.2, -0.15) is 0 Å². The number of benzene rings is 1. The van der Waals surface area contributed by atoms with Crippen molar-refractivity contribution >= 4 is 28.0 Å². The molecular weight excluding hydrogens is 256 g/mol. The van der Waals surface area contributed by atoms with E-state index in [2.05, 4.69) is 9.97 Å². The Bertz CT molecular complexity index is 777. The molecule has 3 aromatic rings. The summed E-state index contributed by atoms with van der Waals surface area (Å²) in [6.07, 6.45) is 1.65. The molecule has 94 valence electrons. The highest BCUT2D eigenvalue weighted by atomic mass is 32.1. The molecule has 0 atom stereocenters. The molecule has 0 unspecified atom stereocenters. The zero-order chi connectivity index (χ0) is 13.4. The van der Waals surface area contributed by atoms with Gasteiger partial charge in [-0.15, -0.1) is 11.3 Å². The Labute approximate surface area is 115 Å². The Balaban J connectivity index is 2.26. The molecule has 1 aromatic carbocycles. The van der Waals surface area contributed by atoms with Crippen LogP contribution in [-0.2, 0) is 0 Å². The van der Waals surface area contributed by atoms with Gasteiger partial charge in [-0.1, -0.05) is 18.2 Å². The Morgan fingerprint density at radius 3 is 2.79 bits per heavy atom. The minimum absolute atomic E-state index is 0.0545. The Morgan fingerprint density at radius 2 is 2.05 bits per heavy atom. The molecule has 0 aliphatic heterocycles. The maximum atomic E-state index is 11.4. The van der Waals surface area contributed by atoms with E-state index in [4.69, 9.17) is 0 Å². The molecule has 19 heavy (non-hydrogen) atoms. The second-order valence-corrected chi connectivity index (χ2v) is 5.44. The number of aryl methyl sites for hydroxylation is 1. The molecule has 3 nitrogen and oxygen atoms in total. The SMILES string of the molecule is CC(=O)c1cnc(-c2cc(C)nc3ccccc23)s1. The lowest BCUT2D eigenvalue weighted by Gasteiger charge is -2.04. The number of hydrogen-bond acceptors (Lipinski definition) is 4. The summed E-state index contributed by atoms with van der Waals surface area (Å²) in [4.78, 5) is 20.9. The number of ketones is 1. The lowest BCUT2D eigenvalue weighted by Crippen LogP contribution is -1.87. The average molecular weight is 268 g/mol. The van der Waals surface area contributed by atoms with Crippen molar-refractivity contribution in [1.29, 1.82) is 0 Å². The fraction of sp³-hybridized carbons (Fsp3) is 0.133. The molecular formula is C15H12N2OS. The summed E-state index contributed by atoms with van der Waals surface area (Å²) in [6.45, 7) is 3.53. The average Bonchev–Trinajstić information content (AvgIpc) is 2.87. The quantitative estimate of drug-likeness (QED) is 0.663. The predicted octanol–water partition coefficient (Wildman–Crippen LogP) is 3.87. The van der Waals surface area contributed by atoms with Crippen LogP contribution in [0.3, 0.4) is 0 Å². The van der Waals surface area contributed by atoms with E-state index in [1.807, 2.05) is 37.3 Å². The van der Waals surface area contributed by atoms with Crippen molar-refractivity contribution in [1.82, 2.24) is 9.97 Å². The number of Topliss-reactive ketones (excluding diaryl/α,β-unsaturated/α-hetero) is 1. The van der Waals surface area contributed by atoms with E-state index in [-0.39, 0.29) is 5.78 Å². The molecule has 0 saturated heterocycles. The van der Waals surface area contributed by atoms with Gasteiger partial charge in [0, 0.05) is 29.8 Å². The van der Waals surface area contributed by atoms with E-state index in [1.165, 1.54) is 11.3 Å². The summed E-state index contributed by atoms with van der Waals surface area (Å²) in [5.74, 6) is 0.0545. The summed E-state index contributed by atoms with van der Waals surface area (Å²) >= 11 is 1.43. The van der Waals surface area contributed by atoms with Crippen LogP contribution in [0, 0.1) is 6.92 Å². The lowest BCUT2D eigenvalue weighted by molar-refractivity contribution is 0.102. The Morgan fingerprint density at radius 1 is 1.26 bits per heavy atom. The molecule has 0 aliphatic rings. The monoisotopic (exact) mass is 268 g/mol. The van der Waals surface area contributed by atoms with Crippen LogP contribution in [0.1, 0.15) is 22.3 Å². The van der Waals surface area contributed by atoms with Crippen LogP contribution in [0.2, 0.25) is 0 Å². The number of carbonyl (C=O) groups is 1. The molecule has 2 heterocycles. The van der Waals surface area contributed by atoms with Gasteiger partial charge >= 0.3 is 0 Å². The molecule has 0 fully saturated rings. The number of para-hydroxylation sites is 1. The second kappa shape index (κ2) is 4.55. The highest BCUT2D eigenvalue weighted by Gasteiger charge is 2.11. The van der Waals surface area contributed by atoms with E-state index >= 15 is 0 Å². The van der Waals surface area contributed by atoms with Crippen LogP contribution in [-0.4, -0.2) is 15.8 Å². The molecule has 0 saturated carbocycles. The van der Waals surface area contributed by atoms with Gasteiger partial charge in [-0.3, -0.25) is 9.78 Å². The molecule has 0 radical (unpaired) electrons. The highest BCUT2D eigenvalue weighted by Crippen LogP contribution is 2.31. The van der Waals surface area contributed by atoms with E-state index < -0.39 is 0 Å². The third-order valence-corrected chi connectivity index (χ3v) is 4.06. The van der Waals surface area contributed by atoms with Crippen LogP contribution in [0.4, 0.5) is 0 Å². The molecule has 2 aromatic heterocycles. The summed E-state index contributed by atoms with van der Waals surface area (Å²) < 4.78 is 0. The summed E-state index contributed by atoms with van der Waals surface area (Å²) in [7, 11) is 0. The number of aromatic nitrogens is 2. The van der Waals surface area contributed by atoms with Gasteiger partial charge < -0.3 is 0 Å². The zero-order valence-corrected chi connectivity index (χ0v) is 11.5. The van der Waals surface area contributed by atoms with Gasteiger partial charge in [0.1, 0.15) is 5.01 Å². The first-order valence-corrected chi connectivity index (χ1v) is 6.80. The standard InChI is InChI=1S/C15H12N2OS/c1-9-7-12(11-5-3-4-6-13(11)17-9)15-16-8-14(19-15)10(2)18/h3-8H,1-2H3. The van der Waals surface area contributed by atoms with E-state index in [1.54, 1.807) is 13.1 Å². The topological polar surface area (TPSA) is 42.9 Å². The number of fused-ring (bicyclic) bond motifs is 1. The maximum absolute atomic E-state index is 11.4. The molecule has 0 bridgehead atoms. The molecule has 4 heteroatoms. The first kappa shape index (κ1) is 12.0. The third-order valence-electron chi connectivity index (χ3n) is 2.93. The van der Waals surface area contributed by atoms with Gasteiger partial charge in [0.25, 0.3) is 0 Å². The fourth-order valence-corrected chi connectivity index (χ4v) is 2.89. The van der Waals surface area contributed by atoms with Crippen molar-refractivity contribution in [2.45, 2.75) is 13.8 Å². The van der Waals surface area contributed by atoms with Gasteiger partial charge in [0.2, 0.25) is 0 Å². The summed E-state index contributed by atoms with van der Waals surface area (Å²) in [6, 6.07) is 10.0. The molecule has 0 N–H and O–H groups in total. The molecule has 0 aliphatic carbocycles. The van der Waals surface area contributed by atoms with Gasteiger partial charge in [-0.05, 0) is 19.1 Å². The summed E-state index contributed by atoms with van der Waals surface area (Å²) in [5.41, 5.74) is 2.95. The minimum Gasteiger partial charge on any atom is -0.294 e. The number of carbonyl (C=O) groups excluding carboxylic acids is 1. The lowest BCUT2D eigenvalue weighted by atomic mass is 10.1. The van der Waals surface area contributed by atoms with Crippen molar-refractivity contribution in [3.05, 3.63) is 47.1 Å². The van der Waals surface area contributed by atoms with Crippen molar-refractivity contribution < 1.29 is 4.79 Å². The van der Waals surface area contributed by atoms with Crippen LogP contribution < -0.4 is 0 Å².